The Hall–Kier alpha value is -2.69. The van der Waals surface area contributed by atoms with Crippen molar-refractivity contribution in [1.29, 1.82) is 0 Å². The summed E-state index contributed by atoms with van der Waals surface area (Å²) in [7, 11) is 1.51. The lowest BCUT2D eigenvalue weighted by Gasteiger charge is -2.07. The van der Waals surface area contributed by atoms with Crippen molar-refractivity contribution in [3.8, 4) is 23.0 Å². The molecule has 0 aliphatic rings. The van der Waals surface area contributed by atoms with Gasteiger partial charge >= 0.3 is 0 Å². The maximum Gasteiger partial charge on any atom is 0.200 e. The zero-order valence-corrected chi connectivity index (χ0v) is 10.1. The van der Waals surface area contributed by atoms with Crippen molar-refractivity contribution in [3.63, 3.8) is 0 Å². The van der Waals surface area contributed by atoms with Crippen LogP contribution in [0.5, 0.6) is 23.0 Å². The van der Waals surface area contributed by atoms with Crippen molar-refractivity contribution in [2.75, 3.05) is 7.11 Å². The maximum atomic E-state index is 12.2. The van der Waals surface area contributed by atoms with E-state index in [9.17, 15) is 20.1 Å². The van der Waals surface area contributed by atoms with Crippen LogP contribution in [0.3, 0.4) is 0 Å². The predicted octanol–water partition coefficient (Wildman–Crippen LogP) is 2.04. The molecule has 0 amide bonds. The van der Waals surface area contributed by atoms with Crippen LogP contribution in [0.4, 0.5) is 0 Å². The first-order valence-electron chi connectivity index (χ1n) is 5.46. The molecule has 0 aliphatic carbocycles. The van der Waals surface area contributed by atoms with Gasteiger partial charge in [0.1, 0.15) is 28.6 Å². The Morgan fingerprint density at radius 2 is 1.53 bits per heavy atom. The molecule has 0 saturated carbocycles. The van der Waals surface area contributed by atoms with E-state index in [0.717, 1.165) is 12.1 Å². The first kappa shape index (κ1) is 12.8. The SMILES string of the molecule is COc1ccc(C(=O)c2c(O)cc(O)cc2O)cc1. The minimum absolute atomic E-state index is 0.247. The molecule has 0 aliphatic heterocycles. The molecule has 5 heteroatoms. The van der Waals surface area contributed by atoms with Crippen molar-refractivity contribution in [1.82, 2.24) is 0 Å². The number of ether oxygens (including phenoxy) is 1. The van der Waals surface area contributed by atoms with Crippen LogP contribution in [0.1, 0.15) is 15.9 Å². The van der Waals surface area contributed by atoms with Gasteiger partial charge in [0.25, 0.3) is 0 Å². The third-order valence-electron chi connectivity index (χ3n) is 2.66. The van der Waals surface area contributed by atoms with Gasteiger partial charge in [-0.25, -0.2) is 0 Å². The number of rotatable bonds is 3. The summed E-state index contributed by atoms with van der Waals surface area (Å²) in [6, 6.07) is 8.23. The van der Waals surface area contributed by atoms with Crippen LogP contribution >= 0.6 is 0 Å². The van der Waals surface area contributed by atoms with E-state index in [1.807, 2.05) is 0 Å². The Kier molecular flexibility index (Phi) is 3.29. The van der Waals surface area contributed by atoms with E-state index in [1.54, 1.807) is 12.1 Å². The van der Waals surface area contributed by atoms with Crippen molar-refractivity contribution in [2.24, 2.45) is 0 Å². The Bertz CT molecular complexity index is 593. The minimum Gasteiger partial charge on any atom is -0.508 e. The van der Waals surface area contributed by atoms with E-state index in [4.69, 9.17) is 4.74 Å². The average molecular weight is 260 g/mol. The maximum absolute atomic E-state index is 12.2. The van der Waals surface area contributed by atoms with Crippen LogP contribution in [-0.2, 0) is 0 Å². The molecule has 0 fully saturated rings. The van der Waals surface area contributed by atoms with Gasteiger partial charge in [0.2, 0.25) is 5.78 Å². The van der Waals surface area contributed by atoms with E-state index in [1.165, 1.54) is 19.2 Å². The zero-order valence-electron chi connectivity index (χ0n) is 10.1. The summed E-state index contributed by atoms with van der Waals surface area (Å²) in [5.74, 6) is -1.22. The second kappa shape index (κ2) is 4.89. The predicted molar refractivity (Wildman–Crippen MR) is 67.9 cm³/mol. The van der Waals surface area contributed by atoms with Gasteiger partial charge in [-0.1, -0.05) is 0 Å². The van der Waals surface area contributed by atoms with Crippen molar-refractivity contribution in [3.05, 3.63) is 47.5 Å². The molecule has 0 aromatic heterocycles. The number of ketones is 1. The van der Waals surface area contributed by atoms with Crippen LogP contribution in [0.2, 0.25) is 0 Å². The highest BCUT2D eigenvalue weighted by Crippen LogP contribution is 2.33. The summed E-state index contributed by atoms with van der Waals surface area (Å²) in [5, 5.41) is 28.5. The lowest BCUT2D eigenvalue weighted by molar-refractivity contribution is 0.103. The number of methoxy groups -OCH3 is 1. The molecule has 2 aromatic carbocycles. The Labute approximate surface area is 109 Å². The number of phenolic OH excluding ortho intramolecular Hbond substituents is 3. The third kappa shape index (κ3) is 2.44. The van der Waals surface area contributed by atoms with Crippen molar-refractivity contribution < 1.29 is 24.9 Å². The van der Waals surface area contributed by atoms with Crippen LogP contribution in [0.25, 0.3) is 0 Å². The summed E-state index contributed by atoms with van der Waals surface area (Å²) < 4.78 is 4.97. The van der Waals surface area contributed by atoms with Gasteiger partial charge in [0.15, 0.2) is 0 Å². The molecule has 0 spiro atoms. The molecule has 0 radical (unpaired) electrons. The van der Waals surface area contributed by atoms with Gasteiger partial charge in [-0.3, -0.25) is 4.79 Å². The number of carbonyl (C=O) groups is 1. The summed E-state index contributed by atoms with van der Waals surface area (Å²) in [5.41, 5.74) is 0.0417. The Morgan fingerprint density at radius 3 is 2.00 bits per heavy atom. The van der Waals surface area contributed by atoms with Gasteiger partial charge in [0, 0.05) is 17.7 Å². The molecule has 0 saturated heterocycles. The second-order valence-electron chi connectivity index (χ2n) is 3.92. The Balaban J connectivity index is 2.44. The lowest BCUT2D eigenvalue weighted by Crippen LogP contribution is -2.02. The van der Waals surface area contributed by atoms with E-state index >= 15 is 0 Å². The number of aromatic hydroxyl groups is 3. The van der Waals surface area contributed by atoms with Gasteiger partial charge < -0.3 is 20.1 Å². The smallest absolute Gasteiger partial charge is 0.200 e. The minimum atomic E-state index is -0.544. The third-order valence-corrected chi connectivity index (χ3v) is 2.66. The molecule has 0 atom stereocenters. The van der Waals surface area contributed by atoms with Gasteiger partial charge in [-0.2, -0.15) is 0 Å². The summed E-state index contributed by atoms with van der Waals surface area (Å²) in [6.45, 7) is 0. The van der Waals surface area contributed by atoms with E-state index in [2.05, 4.69) is 0 Å². The fourth-order valence-electron chi connectivity index (χ4n) is 1.72. The van der Waals surface area contributed by atoms with E-state index in [0.29, 0.717) is 5.75 Å². The lowest BCUT2D eigenvalue weighted by atomic mass is 10.0. The second-order valence-corrected chi connectivity index (χ2v) is 3.92. The normalized spacial score (nSPS) is 10.2. The molecular weight excluding hydrogens is 248 g/mol. The fraction of sp³-hybridized carbons (Fsp3) is 0.0714. The number of hydrogen-bond donors (Lipinski definition) is 3. The topological polar surface area (TPSA) is 87.0 Å². The van der Waals surface area contributed by atoms with Gasteiger partial charge in [0.05, 0.1) is 7.11 Å². The number of carbonyl (C=O) groups excluding carboxylic acids is 1. The highest BCUT2D eigenvalue weighted by atomic mass is 16.5. The number of benzene rings is 2. The fourth-order valence-corrected chi connectivity index (χ4v) is 1.72. The molecule has 5 nitrogen and oxygen atoms in total. The summed E-state index contributed by atoms with van der Waals surface area (Å²) in [4.78, 5) is 12.2. The number of hydrogen-bond acceptors (Lipinski definition) is 5. The highest BCUT2D eigenvalue weighted by molar-refractivity contribution is 6.12. The standard InChI is InChI=1S/C14H12O5/c1-19-10-4-2-8(3-5-10)14(18)13-11(16)6-9(15)7-12(13)17/h2-7,15-17H,1H3. The van der Waals surface area contributed by atoms with Crippen LogP contribution < -0.4 is 4.74 Å². The van der Waals surface area contributed by atoms with E-state index in [-0.39, 0.29) is 16.9 Å². The molecule has 0 heterocycles. The first-order valence-corrected chi connectivity index (χ1v) is 5.46. The molecule has 98 valence electrons. The molecule has 0 unspecified atom stereocenters. The van der Waals surface area contributed by atoms with Crippen molar-refractivity contribution >= 4 is 5.78 Å². The van der Waals surface area contributed by atoms with Gasteiger partial charge in [-0.05, 0) is 24.3 Å². The average Bonchev–Trinajstić information content (AvgIpc) is 2.37. The summed E-state index contributed by atoms with van der Waals surface area (Å²) >= 11 is 0. The van der Waals surface area contributed by atoms with Crippen LogP contribution in [0.15, 0.2) is 36.4 Å². The summed E-state index contributed by atoms with van der Waals surface area (Å²) in [6.07, 6.45) is 0. The highest BCUT2D eigenvalue weighted by Gasteiger charge is 2.19. The monoisotopic (exact) mass is 260 g/mol. The molecule has 3 N–H and O–H groups in total. The van der Waals surface area contributed by atoms with E-state index < -0.39 is 17.3 Å². The Morgan fingerprint density at radius 1 is 1.00 bits per heavy atom. The zero-order chi connectivity index (χ0) is 14.0. The molecule has 19 heavy (non-hydrogen) atoms. The van der Waals surface area contributed by atoms with Crippen LogP contribution in [0, 0.1) is 0 Å². The quantitative estimate of drug-likeness (QED) is 0.735. The molecule has 2 aromatic rings. The molecule has 0 bridgehead atoms. The number of phenols is 3. The van der Waals surface area contributed by atoms with Gasteiger partial charge in [-0.15, -0.1) is 0 Å². The molecule has 2 rings (SSSR count). The molecular formula is C14H12O5. The van der Waals surface area contributed by atoms with Crippen LogP contribution in [-0.4, -0.2) is 28.2 Å². The first-order chi connectivity index (χ1) is 9.02. The largest absolute Gasteiger partial charge is 0.508 e. The van der Waals surface area contributed by atoms with Crippen molar-refractivity contribution in [2.45, 2.75) is 0 Å².